The number of hydrogen-bond acceptors (Lipinski definition) is 3. The van der Waals surface area contributed by atoms with Gasteiger partial charge in [-0.25, -0.2) is 0 Å². The summed E-state index contributed by atoms with van der Waals surface area (Å²) in [6.45, 7) is 5.43. The van der Waals surface area contributed by atoms with Gasteiger partial charge in [0.15, 0.2) is 0 Å². The number of aryl methyl sites for hydroxylation is 1. The van der Waals surface area contributed by atoms with Crippen LogP contribution in [0.3, 0.4) is 0 Å². The van der Waals surface area contributed by atoms with Crippen LogP contribution in [0.15, 0.2) is 18.2 Å². The Morgan fingerprint density at radius 3 is 2.95 bits per heavy atom. The normalized spacial score (nSPS) is 19.8. The molecule has 1 unspecified atom stereocenters. The van der Waals surface area contributed by atoms with Gasteiger partial charge in [0.1, 0.15) is 0 Å². The van der Waals surface area contributed by atoms with Gasteiger partial charge in [-0.2, -0.15) is 5.26 Å². The predicted octanol–water partition coefficient (Wildman–Crippen LogP) is 2.83. The van der Waals surface area contributed by atoms with Crippen LogP contribution in [0.2, 0.25) is 0 Å². The van der Waals surface area contributed by atoms with E-state index in [1.807, 2.05) is 19.2 Å². The standard InChI is InChI=1S/C17H25N3/c1-14-11-15(12-18)6-7-16(14)13-20-10-4-3-5-17(20)8-9-19-2/h6-7,11,17,19H,3-5,8-10,13H2,1-2H3. The molecule has 0 bridgehead atoms. The van der Waals surface area contributed by atoms with E-state index in [-0.39, 0.29) is 0 Å². The molecule has 1 N–H and O–H groups in total. The van der Waals surface area contributed by atoms with Gasteiger partial charge in [0.2, 0.25) is 0 Å². The molecule has 1 saturated heterocycles. The monoisotopic (exact) mass is 271 g/mol. The van der Waals surface area contributed by atoms with Gasteiger partial charge in [-0.1, -0.05) is 12.5 Å². The summed E-state index contributed by atoms with van der Waals surface area (Å²) < 4.78 is 0. The number of rotatable bonds is 5. The van der Waals surface area contributed by atoms with Gasteiger partial charge in [-0.3, -0.25) is 4.90 Å². The lowest BCUT2D eigenvalue weighted by Crippen LogP contribution is -2.40. The van der Waals surface area contributed by atoms with Gasteiger partial charge < -0.3 is 5.32 Å². The zero-order chi connectivity index (χ0) is 14.4. The fraction of sp³-hybridized carbons (Fsp3) is 0.588. The Kier molecular flexibility index (Phi) is 5.58. The average Bonchev–Trinajstić information content (AvgIpc) is 2.48. The highest BCUT2D eigenvalue weighted by Gasteiger charge is 2.22. The molecule has 1 aliphatic heterocycles. The van der Waals surface area contributed by atoms with E-state index < -0.39 is 0 Å². The van der Waals surface area contributed by atoms with Gasteiger partial charge in [0.25, 0.3) is 0 Å². The van der Waals surface area contributed by atoms with Gasteiger partial charge in [0.05, 0.1) is 11.6 Å². The molecular formula is C17H25N3. The third kappa shape index (κ3) is 3.82. The summed E-state index contributed by atoms with van der Waals surface area (Å²) in [5, 5.41) is 12.2. The maximum atomic E-state index is 8.95. The van der Waals surface area contributed by atoms with Crippen molar-refractivity contribution in [2.75, 3.05) is 20.1 Å². The van der Waals surface area contributed by atoms with Gasteiger partial charge in [0, 0.05) is 12.6 Å². The number of nitriles is 1. The Morgan fingerprint density at radius 2 is 2.25 bits per heavy atom. The highest BCUT2D eigenvalue weighted by molar-refractivity contribution is 5.37. The molecule has 0 amide bonds. The summed E-state index contributed by atoms with van der Waals surface area (Å²) in [4.78, 5) is 2.62. The Labute approximate surface area is 122 Å². The van der Waals surface area contributed by atoms with E-state index in [4.69, 9.17) is 5.26 Å². The van der Waals surface area contributed by atoms with E-state index in [1.54, 1.807) is 0 Å². The van der Waals surface area contributed by atoms with Gasteiger partial charge in [-0.05, 0) is 69.6 Å². The summed E-state index contributed by atoms with van der Waals surface area (Å²) in [6, 6.07) is 8.98. The third-order valence-electron chi connectivity index (χ3n) is 4.32. The second-order valence-electron chi connectivity index (χ2n) is 5.77. The van der Waals surface area contributed by atoms with E-state index in [9.17, 15) is 0 Å². The van der Waals surface area contributed by atoms with Crippen LogP contribution in [0.1, 0.15) is 42.4 Å². The van der Waals surface area contributed by atoms with Crippen LogP contribution < -0.4 is 5.32 Å². The molecule has 3 heteroatoms. The fourth-order valence-electron chi connectivity index (χ4n) is 3.07. The number of nitrogens with one attached hydrogen (secondary N) is 1. The molecule has 1 fully saturated rings. The van der Waals surface area contributed by atoms with Crippen LogP contribution in [0.25, 0.3) is 0 Å². The third-order valence-corrected chi connectivity index (χ3v) is 4.32. The van der Waals surface area contributed by atoms with E-state index in [1.165, 1.54) is 43.4 Å². The molecule has 1 aromatic carbocycles. The molecule has 0 aliphatic carbocycles. The lowest BCUT2D eigenvalue weighted by atomic mass is 9.97. The highest BCUT2D eigenvalue weighted by atomic mass is 15.2. The number of likely N-dealkylation sites (tertiary alicyclic amines) is 1. The smallest absolute Gasteiger partial charge is 0.0991 e. The summed E-state index contributed by atoms with van der Waals surface area (Å²) in [5.41, 5.74) is 3.36. The lowest BCUT2D eigenvalue weighted by Gasteiger charge is -2.36. The molecule has 0 radical (unpaired) electrons. The first kappa shape index (κ1) is 15.0. The first-order valence-corrected chi connectivity index (χ1v) is 7.63. The van der Waals surface area contributed by atoms with Crippen molar-refractivity contribution in [1.82, 2.24) is 10.2 Å². The summed E-state index contributed by atoms with van der Waals surface area (Å²) >= 11 is 0. The van der Waals surface area contributed by atoms with Crippen LogP contribution in [0.4, 0.5) is 0 Å². The van der Waals surface area contributed by atoms with Crippen LogP contribution in [-0.2, 0) is 6.54 Å². The van der Waals surface area contributed by atoms with E-state index in [2.05, 4.69) is 29.3 Å². The van der Waals surface area contributed by atoms with Crippen LogP contribution >= 0.6 is 0 Å². The SMILES string of the molecule is CNCCC1CCCCN1Cc1ccc(C#N)cc1C. The second-order valence-corrected chi connectivity index (χ2v) is 5.77. The fourth-order valence-corrected chi connectivity index (χ4v) is 3.07. The van der Waals surface area contributed by atoms with Crippen molar-refractivity contribution in [3.63, 3.8) is 0 Å². The average molecular weight is 271 g/mol. The molecule has 1 atom stereocenters. The van der Waals surface area contributed by atoms with Crippen molar-refractivity contribution in [3.05, 3.63) is 34.9 Å². The Balaban J connectivity index is 2.04. The number of benzene rings is 1. The van der Waals surface area contributed by atoms with Crippen LogP contribution in [0.5, 0.6) is 0 Å². The molecule has 3 nitrogen and oxygen atoms in total. The van der Waals surface area contributed by atoms with E-state index >= 15 is 0 Å². The summed E-state index contributed by atoms with van der Waals surface area (Å²) in [6.07, 6.45) is 5.21. The molecule has 0 spiro atoms. The van der Waals surface area contributed by atoms with E-state index in [0.717, 1.165) is 18.7 Å². The predicted molar refractivity (Wildman–Crippen MR) is 82.5 cm³/mol. The Hall–Kier alpha value is -1.37. The topological polar surface area (TPSA) is 39.1 Å². The maximum absolute atomic E-state index is 8.95. The Bertz CT molecular complexity index is 476. The van der Waals surface area contributed by atoms with Crippen molar-refractivity contribution >= 4 is 0 Å². The minimum absolute atomic E-state index is 0.700. The molecule has 1 aromatic rings. The van der Waals surface area contributed by atoms with Gasteiger partial charge in [-0.15, -0.1) is 0 Å². The maximum Gasteiger partial charge on any atom is 0.0991 e. The largest absolute Gasteiger partial charge is 0.320 e. The summed E-state index contributed by atoms with van der Waals surface area (Å²) in [7, 11) is 2.03. The van der Waals surface area contributed by atoms with Gasteiger partial charge >= 0.3 is 0 Å². The Morgan fingerprint density at radius 1 is 1.40 bits per heavy atom. The number of piperidine rings is 1. The summed E-state index contributed by atoms with van der Waals surface area (Å²) in [5.74, 6) is 0. The molecule has 20 heavy (non-hydrogen) atoms. The van der Waals surface area contributed by atoms with Crippen LogP contribution in [0, 0.1) is 18.3 Å². The van der Waals surface area contributed by atoms with Crippen molar-refractivity contribution < 1.29 is 0 Å². The quantitative estimate of drug-likeness (QED) is 0.895. The molecular weight excluding hydrogens is 246 g/mol. The molecule has 108 valence electrons. The van der Waals surface area contributed by atoms with Crippen molar-refractivity contribution in [2.24, 2.45) is 0 Å². The van der Waals surface area contributed by atoms with Crippen molar-refractivity contribution in [1.29, 1.82) is 5.26 Å². The minimum atomic E-state index is 0.700. The highest BCUT2D eigenvalue weighted by Crippen LogP contribution is 2.23. The van der Waals surface area contributed by atoms with Crippen molar-refractivity contribution in [2.45, 2.75) is 45.2 Å². The molecule has 0 aromatic heterocycles. The number of hydrogen-bond donors (Lipinski definition) is 1. The van der Waals surface area contributed by atoms with Crippen molar-refractivity contribution in [3.8, 4) is 6.07 Å². The second kappa shape index (κ2) is 7.42. The zero-order valence-corrected chi connectivity index (χ0v) is 12.7. The molecule has 1 heterocycles. The molecule has 2 rings (SSSR count). The first-order chi connectivity index (χ1) is 9.74. The first-order valence-electron chi connectivity index (χ1n) is 7.63. The molecule has 1 aliphatic rings. The van der Waals surface area contributed by atoms with E-state index in [0.29, 0.717) is 6.04 Å². The minimum Gasteiger partial charge on any atom is -0.320 e. The lowest BCUT2D eigenvalue weighted by molar-refractivity contribution is 0.132. The molecule has 0 saturated carbocycles. The zero-order valence-electron chi connectivity index (χ0n) is 12.7. The number of nitrogens with zero attached hydrogens (tertiary/aromatic N) is 2. The van der Waals surface area contributed by atoms with Crippen LogP contribution in [-0.4, -0.2) is 31.1 Å².